The Morgan fingerprint density at radius 3 is 2.75 bits per heavy atom. The zero-order valence-electron chi connectivity index (χ0n) is 16.2. The number of carbonyl (C=O) groups excluding carboxylic acids is 1. The lowest BCUT2D eigenvalue weighted by Crippen LogP contribution is -2.38. The van der Waals surface area contributed by atoms with Crippen molar-refractivity contribution in [2.75, 3.05) is 32.2 Å². The third-order valence-corrected chi connectivity index (χ3v) is 5.26. The van der Waals surface area contributed by atoms with Gasteiger partial charge in [0.25, 0.3) is 0 Å². The average molecular weight is 379 g/mol. The predicted molar refractivity (Wildman–Crippen MR) is 110 cm³/mol. The van der Waals surface area contributed by atoms with Crippen LogP contribution in [0.15, 0.2) is 54.7 Å². The smallest absolute Gasteiger partial charge is 0.240 e. The molecule has 146 valence electrons. The molecule has 1 unspecified atom stereocenters. The number of carbonyl (C=O) groups is 1. The largest absolute Gasteiger partial charge is 0.497 e. The molecular formula is C22H25N3O3. The van der Waals surface area contributed by atoms with Crippen LogP contribution in [0.2, 0.25) is 0 Å². The van der Waals surface area contributed by atoms with Gasteiger partial charge < -0.3 is 24.3 Å². The van der Waals surface area contributed by atoms with Crippen molar-refractivity contribution < 1.29 is 14.3 Å². The molecule has 6 heteroatoms. The first kappa shape index (κ1) is 18.2. The summed E-state index contributed by atoms with van der Waals surface area (Å²) >= 11 is 0. The van der Waals surface area contributed by atoms with Crippen LogP contribution >= 0.6 is 0 Å². The fourth-order valence-corrected chi connectivity index (χ4v) is 3.79. The summed E-state index contributed by atoms with van der Waals surface area (Å²) in [4.78, 5) is 14.9. The van der Waals surface area contributed by atoms with Crippen LogP contribution in [0, 0.1) is 0 Å². The highest BCUT2D eigenvalue weighted by atomic mass is 16.5. The molecular weight excluding hydrogens is 354 g/mol. The molecule has 0 spiro atoms. The topological polar surface area (TPSA) is 55.7 Å². The molecule has 4 rings (SSSR count). The summed E-state index contributed by atoms with van der Waals surface area (Å²) in [6, 6.07) is 16.1. The summed E-state index contributed by atoms with van der Waals surface area (Å²) in [5, 5.41) is 4.24. The maximum Gasteiger partial charge on any atom is 0.240 e. The van der Waals surface area contributed by atoms with Crippen molar-refractivity contribution in [1.82, 2.24) is 9.88 Å². The first-order chi connectivity index (χ1) is 13.7. The van der Waals surface area contributed by atoms with E-state index in [1.54, 1.807) is 14.2 Å². The Kier molecular flexibility index (Phi) is 5.10. The van der Waals surface area contributed by atoms with Crippen molar-refractivity contribution >= 4 is 22.5 Å². The highest BCUT2D eigenvalue weighted by molar-refractivity contribution is 5.84. The lowest BCUT2D eigenvalue weighted by Gasteiger charge is -2.19. The van der Waals surface area contributed by atoms with Crippen molar-refractivity contribution in [3.05, 3.63) is 54.7 Å². The monoisotopic (exact) mass is 379 g/mol. The predicted octanol–water partition coefficient (Wildman–Crippen LogP) is 3.05. The van der Waals surface area contributed by atoms with E-state index < -0.39 is 0 Å². The van der Waals surface area contributed by atoms with Crippen LogP contribution in [-0.2, 0) is 11.3 Å². The molecule has 1 aliphatic heterocycles. The van der Waals surface area contributed by atoms with Gasteiger partial charge in [0.05, 0.1) is 14.2 Å². The number of ether oxygens (including phenoxy) is 2. The van der Waals surface area contributed by atoms with Crippen molar-refractivity contribution in [2.45, 2.75) is 19.0 Å². The summed E-state index contributed by atoms with van der Waals surface area (Å²) in [7, 11) is 3.33. The minimum Gasteiger partial charge on any atom is -0.497 e. The third-order valence-electron chi connectivity index (χ3n) is 5.26. The third kappa shape index (κ3) is 3.76. The molecule has 0 aliphatic carbocycles. The van der Waals surface area contributed by atoms with Gasteiger partial charge in [0.2, 0.25) is 5.91 Å². The summed E-state index contributed by atoms with van der Waals surface area (Å²) in [6.07, 6.45) is 2.88. The number of rotatable bonds is 6. The van der Waals surface area contributed by atoms with Gasteiger partial charge in [0.1, 0.15) is 18.0 Å². The number of nitrogens with one attached hydrogen (secondary N) is 1. The number of fused-ring (bicyclic) bond motifs is 1. The van der Waals surface area contributed by atoms with Crippen LogP contribution < -0.4 is 19.7 Å². The zero-order valence-corrected chi connectivity index (χ0v) is 16.2. The molecule has 1 amide bonds. The van der Waals surface area contributed by atoms with Crippen LogP contribution in [0.5, 0.6) is 11.5 Å². The number of hydrogen-bond donors (Lipinski definition) is 1. The Morgan fingerprint density at radius 1 is 1.11 bits per heavy atom. The molecule has 2 aromatic carbocycles. The molecule has 1 atom stereocenters. The van der Waals surface area contributed by atoms with E-state index in [4.69, 9.17) is 9.47 Å². The van der Waals surface area contributed by atoms with Gasteiger partial charge in [-0.05, 0) is 42.8 Å². The van der Waals surface area contributed by atoms with E-state index in [0.29, 0.717) is 6.54 Å². The molecule has 1 saturated heterocycles. The molecule has 3 aromatic rings. The van der Waals surface area contributed by atoms with Gasteiger partial charge >= 0.3 is 0 Å². The number of amides is 1. The van der Waals surface area contributed by atoms with Gasteiger partial charge in [-0.3, -0.25) is 4.79 Å². The number of methoxy groups -OCH3 is 2. The van der Waals surface area contributed by atoms with Crippen LogP contribution in [0.4, 0.5) is 5.69 Å². The summed E-state index contributed by atoms with van der Waals surface area (Å²) in [5.74, 6) is 1.70. The second-order valence-corrected chi connectivity index (χ2v) is 7.07. The quantitative estimate of drug-likeness (QED) is 0.715. The highest BCUT2D eigenvalue weighted by Crippen LogP contribution is 2.25. The van der Waals surface area contributed by atoms with Gasteiger partial charge in [-0.25, -0.2) is 0 Å². The Bertz CT molecular complexity index is 982. The first-order valence-corrected chi connectivity index (χ1v) is 9.47. The second-order valence-electron chi connectivity index (χ2n) is 7.07. The van der Waals surface area contributed by atoms with Gasteiger partial charge in [0, 0.05) is 48.0 Å². The van der Waals surface area contributed by atoms with E-state index in [9.17, 15) is 4.79 Å². The lowest BCUT2D eigenvalue weighted by atomic mass is 10.2. The number of nitrogens with zero attached hydrogens (tertiary/aromatic N) is 2. The van der Waals surface area contributed by atoms with E-state index in [0.717, 1.165) is 47.6 Å². The van der Waals surface area contributed by atoms with Crippen LogP contribution in [-0.4, -0.2) is 43.8 Å². The van der Waals surface area contributed by atoms with Gasteiger partial charge in [0.15, 0.2) is 0 Å². The maximum absolute atomic E-state index is 12.6. The second kappa shape index (κ2) is 7.84. The minimum absolute atomic E-state index is 0.0332. The van der Waals surface area contributed by atoms with Gasteiger partial charge in [-0.2, -0.15) is 0 Å². The van der Waals surface area contributed by atoms with Crippen LogP contribution in [0.25, 0.3) is 10.9 Å². The highest BCUT2D eigenvalue weighted by Gasteiger charge is 2.24. The normalized spacial score (nSPS) is 16.4. The lowest BCUT2D eigenvalue weighted by molar-refractivity contribution is -0.122. The molecule has 1 N–H and O–H groups in total. The minimum atomic E-state index is 0.0332. The standard InChI is InChI=1S/C22H25N3O3/c1-27-19-5-3-4-18(13-19)24-11-9-17(14-24)23-22(26)15-25-10-8-16-12-20(28-2)6-7-21(16)25/h3-8,10,12-13,17H,9,11,14-15H2,1-2H3,(H,23,26). The fraction of sp³-hybridized carbons (Fsp3) is 0.318. The Balaban J connectivity index is 1.37. The van der Waals surface area contributed by atoms with Crippen LogP contribution in [0.3, 0.4) is 0 Å². The number of anilines is 1. The molecule has 0 bridgehead atoms. The van der Waals surface area contributed by atoms with E-state index in [1.165, 1.54) is 0 Å². The number of benzene rings is 2. The molecule has 1 fully saturated rings. The zero-order chi connectivity index (χ0) is 19.5. The van der Waals surface area contributed by atoms with Crippen molar-refractivity contribution in [3.8, 4) is 11.5 Å². The fourth-order valence-electron chi connectivity index (χ4n) is 3.79. The average Bonchev–Trinajstić information content (AvgIpc) is 3.35. The Hall–Kier alpha value is -3.15. The maximum atomic E-state index is 12.6. The van der Waals surface area contributed by atoms with Gasteiger partial charge in [-0.15, -0.1) is 0 Å². The molecule has 1 aromatic heterocycles. The molecule has 6 nitrogen and oxygen atoms in total. The van der Waals surface area contributed by atoms with E-state index >= 15 is 0 Å². The molecule has 1 aliphatic rings. The number of hydrogen-bond acceptors (Lipinski definition) is 4. The summed E-state index contributed by atoms with van der Waals surface area (Å²) < 4.78 is 12.5. The van der Waals surface area contributed by atoms with E-state index in [-0.39, 0.29) is 11.9 Å². The van der Waals surface area contributed by atoms with Crippen LogP contribution in [0.1, 0.15) is 6.42 Å². The van der Waals surface area contributed by atoms with Crippen molar-refractivity contribution in [3.63, 3.8) is 0 Å². The molecule has 2 heterocycles. The van der Waals surface area contributed by atoms with Crippen molar-refractivity contribution in [1.29, 1.82) is 0 Å². The summed E-state index contributed by atoms with van der Waals surface area (Å²) in [5.41, 5.74) is 2.15. The summed E-state index contributed by atoms with van der Waals surface area (Å²) in [6.45, 7) is 2.04. The first-order valence-electron chi connectivity index (χ1n) is 9.47. The Labute approximate surface area is 164 Å². The Morgan fingerprint density at radius 2 is 1.93 bits per heavy atom. The van der Waals surface area contributed by atoms with E-state index in [2.05, 4.69) is 16.3 Å². The molecule has 28 heavy (non-hydrogen) atoms. The number of aromatic nitrogens is 1. The van der Waals surface area contributed by atoms with E-state index in [1.807, 2.05) is 53.2 Å². The SMILES string of the molecule is COc1cccc(N2CCC(NC(=O)Cn3ccc4cc(OC)ccc43)C2)c1. The van der Waals surface area contributed by atoms with Gasteiger partial charge in [-0.1, -0.05) is 6.07 Å². The molecule has 0 saturated carbocycles. The van der Waals surface area contributed by atoms with Crippen molar-refractivity contribution in [2.24, 2.45) is 0 Å². The molecule has 0 radical (unpaired) electrons.